The maximum atomic E-state index is 12.6. The van der Waals surface area contributed by atoms with E-state index in [1.165, 1.54) is 24.3 Å². The Morgan fingerprint density at radius 2 is 1.38 bits per heavy atom. The molecule has 0 heterocycles. The number of hydrogen-bond donors (Lipinski definition) is 3. The Morgan fingerprint density at radius 1 is 0.781 bits per heavy atom. The summed E-state index contributed by atoms with van der Waals surface area (Å²) < 4.78 is 27.8. The van der Waals surface area contributed by atoms with E-state index in [0.29, 0.717) is 5.69 Å². The van der Waals surface area contributed by atoms with E-state index in [1.807, 2.05) is 51.1 Å². The molecule has 0 radical (unpaired) electrons. The fourth-order valence-electron chi connectivity index (χ4n) is 3.13. The minimum Gasteiger partial charge on any atom is -0.343 e. The van der Waals surface area contributed by atoms with Crippen molar-refractivity contribution in [3.63, 3.8) is 0 Å². The molecular weight excluding hydrogens is 426 g/mol. The number of carbonyl (C=O) groups excluding carboxylic acids is 2. The van der Waals surface area contributed by atoms with Gasteiger partial charge in [0.1, 0.15) is 0 Å². The van der Waals surface area contributed by atoms with Gasteiger partial charge in [0.2, 0.25) is 5.91 Å². The molecule has 3 rings (SSSR count). The molecule has 0 unspecified atom stereocenters. The average Bonchev–Trinajstić information content (AvgIpc) is 2.76. The Hall–Kier alpha value is -3.65. The molecule has 32 heavy (non-hydrogen) atoms. The Balaban J connectivity index is 1.61. The molecule has 0 atom stereocenters. The molecule has 166 valence electrons. The third kappa shape index (κ3) is 5.53. The fraction of sp³-hybridized carbons (Fsp3) is 0.167. The van der Waals surface area contributed by atoms with Gasteiger partial charge in [-0.2, -0.15) is 0 Å². The minimum atomic E-state index is -3.79. The van der Waals surface area contributed by atoms with Crippen molar-refractivity contribution >= 4 is 33.2 Å². The van der Waals surface area contributed by atoms with E-state index < -0.39 is 15.9 Å². The van der Waals surface area contributed by atoms with Crippen LogP contribution in [0.2, 0.25) is 0 Å². The molecule has 0 bridgehead atoms. The first-order valence-electron chi connectivity index (χ1n) is 10.00. The maximum absolute atomic E-state index is 12.6. The van der Waals surface area contributed by atoms with Crippen LogP contribution in [0, 0.1) is 20.8 Å². The molecule has 0 fully saturated rings. The predicted octanol–water partition coefficient (Wildman–Crippen LogP) is 3.78. The predicted molar refractivity (Wildman–Crippen MR) is 125 cm³/mol. The molecule has 0 spiro atoms. The molecule has 3 aromatic rings. The molecule has 3 N–H and O–H groups in total. The summed E-state index contributed by atoms with van der Waals surface area (Å²) in [6.45, 7) is 5.39. The van der Waals surface area contributed by atoms with E-state index in [9.17, 15) is 18.0 Å². The molecule has 3 aromatic carbocycles. The molecule has 0 aliphatic heterocycles. The Labute approximate surface area is 187 Å². The van der Waals surface area contributed by atoms with Crippen LogP contribution in [-0.4, -0.2) is 26.8 Å². The summed E-state index contributed by atoms with van der Waals surface area (Å²) in [5, 5.41) is 5.35. The summed E-state index contributed by atoms with van der Waals surface area (Å²) >= 11 is 0. The number of aryl methyl sites for hydroxylation is 3. The summed E-state index contributed by atoms with van der Waals surface area (Å²) in [5.41, 5.74) is 4.12. The summed E-state index contributed by atoms with van der Waals surface area (Å²) in [5.74, 6) is -0.824. The zero-order valence-electron chi connectivity index (χ0n) is 18.1. The topological polar surface area (TPSA) is 104 Å². The lowest BCUT2D eigenvalue weighted by Gasteiger charge is -2.12. The van der Waals surface area contributed by atoms with Crippen LogP contribution >= 0.6 is 0 Å². The Kier molecular flexibility index (Phi) is 6.95. The van der Waals surface area contributed by atoms with Crippen LogP contribution in [-0.2, 0) is 14.8 Å². The number of amides is 2. The van der Waals surface area contributed by atoms with Crippen LogP contribution in [0.15, 0.2) is 71.6 Å². The van der Waals surface area contributed by atoms with Crippen molar-refractivity contribution in [2.75, 3.05) is 16.6 Å². The highest BCUT2D eigenvalue weighted by Gasteiger charge is 2.16. The van der Waals surface area contributed by atoms with E-state index in [-0.39, 0.29) is 22.9 Å². The maximum Gasteiger partial charge on any atom is 0.261 e. The summed E-state index contributed by atoms with van der Waals surface area (Å²) in [7, 11) is -3.79. The number of sulfonamides is 1. The molecule has 0 saturated carbocycles. The lowest BCUT2D eigenvalue weighted by molar-refractivity contribution is -0.115. The van der Waals surface area contributed by atoms with Crippen LogP contribution in [0.1, 0.15) is 27.0 Å². The van der Waals surface area contributed by atoms with Gasteiger partial charge in [-0.05, 0) is 67.8 Å². The number of nitrogens with one attached hydrogen (secondary N) is 3. The quantitative estimate of drug-likeness (QED) is 0.508. The first kappa shape index (κ1) is 23.0. The van der Waals surface area contributed by atoms with Gasteiger partial charge in [-0.3, -0.25) is 14.3 Å². The normalized spacial score (nSPS) is 11.0. The lowest BCUT2D eigenvalue weighted by Crippen LogP contribution is -2.33. The summed E-state index contributed by atoms with van der Waals surface area (Å²) in [4.78, 5) is 24.6. The monoisotopic (exact) mass is 451 g/mol. The highest BCUT2D eigenvalue weighted by molar-refractivity contribution is 7.92. The average molecular weight is 452 g/mol. The second-order valence-electron chi connectivity index (χ2n) is 7.44. The molecular formula is C24H25N3O4S. The van der Waals surface area contributed by atoms with Crippen LogP contribution in [0.4, 0.5) is 11.4 Å². The van der Waals surface area contributed by atoms with Crippen molar-refractivity contribution in [2.45, 2.75) is 25.7 Å². The molecule has 2 amide bonds. The van der Waals surface area contributed by atoms with E-state index in [4.69, 9.17) is 0 Å². The van der Waals surface area contributed by atoms with Crippen LogP contribution in [0.3, 0.4) is 0 Å². The zero-order valence-corrected chi connectivity index (χ0v) is 18.9. The molecule has 0 saturated heterocycles. The van der Waals surface area contributed by atoms with Crippen LogP contribution in [0.5, 0.6) is 0 Å². The molecule has 0 aromatic heterocycles. The first-order chi connectivity index (χ1) is 15.2. The van der Waals surface area contributed by atoms with Crippen molar-refractivity contribution in [3.05, 3.63) is 89.0 Å². The van der Waals surface area contributed by atoms with E-state index in [0.717, 1.165) is 22.4 Å². The first-order valence-corrected chi connectivity index (χ1v) is 11.5. The number of benzene rings is 3. The second kappa shape index (κ2) is 9.65. The Morgan fingerprint density at radius 3 is 2.00 bits per heavy atom. The standard InChI is InChI=1S/C24H25N3O4S/c1-16-7-4-5-10-21(16)27-32(30,31)20-13-11-19(12-14-20)24(29)25-15-22(28)26-23-17(2)8-6-9-18(23)3/h4-14,27H,15H2,1-3H3,(H,25,29)(H,26,28). The fourth-order valence-corrected chi connectivity index (χ4v) is 4.27. The summed E-state index contributed by atoms with van der Waals surface area (Å²) in [6, 6.07) is 18.3. The molecule has 0 aliphatic carbocycles. The summed E-state index contributed by atoms with van der Waals surface area (Å²) in [6.07, 6.45) is 0. The van der Waals surface area contributed by atoms with Crippen molar-refractivity contribution < 1.29 is 18.0 Å². The highest BCUT2D eigenvalue weighted by Crippen LogP contribution is 2.20. The highest BCUT2D eigenvalue weighted by atomic mass is 32.2. The van der Waals surface area contributed by atoms with Crippen molar-refractivity contribution in [1.82, 2.24) is 5.32 Å². The van der Waals surface area contributed by atoms with Gasteiger partial charge in [0.25, 0.3) is 15.9 Å². The largest absolute Gasteiger partial charge is 0.343 e. The molecule has 0 aliphatic rings. The van der Waals surface area contributed by atoms with E-state index in [1.54, 1.807) is 12.1 Å². The van der Waals surface area contributed by atoms with Gasteiger partial charge in [0.05, 0.1) is 17.1 Å². The van der Waals surface area contributed by atoms with Crippen molar-refractivity contribution in [1.29, 1.82) is 0 Å². The van der Waals surface area contributed by atoms with Gasteiger partial charge in [0, 0.05) is 11.3 Å². The number of hydrogen-bond acceptors (Lipinski definition) is 4. The van der Waals surface area contributed by atoms with Crippen molar-refractivity contribution in [3.8, 4) is 0 Å². The van der Waals surface area contributed by atoms with Crippen LogP contribution in [0.25, 0.3) is 0 Å². The third-order valence-electron chi connectivity index (χ3n) is 4.97. The smallest absolute Gasteiger partial charge is 0.261 e. The van der Waals surface area contributed by atoms with Gasteiger partial charge in [-0.15, -0.1) is 0 Å². The van der Waals surface area contributed by atoms with E-state index >= 15 is 0 Å². The van der Waals surface area contributed by atoms with Gasteiger partial charge in [0.15, 0.2) is 0 Å². The van der Waals surface area contributed by atoms with Gasteiger partial charge in [-0.25, -0.2) is 8.42 Å². The van der Waals surface area contributed by atoms with Gasteiger partial charge >= 0.3 is 0 Å². The van der Waals surface area contributed by atoms with E-state index in [2.05, 4.69) is 15.4 Å². The SMILES string of the molecule is Cc1ccccc1NS(=O)(=O)c1ccc(C(=O)NCC(=O)Nc2c(C)cccc2C)cc1. The zero-order chi connectivity index (χ0) is 23.3. The third-order valence-corrected chi connectivity index (χ3v) is 6.35. The number of para-hydroxylation sites is 2. The van der Waals surface area contributed by atoms with Crippen LogP contribution < -0.4 is 15.4 Å². The Bertz CT molecular complexity index is 1230. The number of rotatable bonds is 7. The van der Waals surface area contributed by atoms with Gasteiger partial charge in [-0.1, -0.05) is 36.4 Å². The second-order valence-corrected chi connectivity index (χ2v) is 9.12. The molecule has 8 heteroatoms. The minimum absolute atomic E-state index is 0.0325. The number of anilines is 2. The lowest BCUT2D eigenvalue weighted by atomic mass is 10.1. The molecule has 7 nitrogen and oxygen atoms in total. The van der Waals surface area contributed by atoms with Crippen molar-refractivity contribution in [2.24, 2.45) is 0 Å². The van der Waals surface area contributed by atoms with Gasteiger partial charge < -0.3 is 10.6 Å². The number of carbonyl (C=O) groups is 2.